The molecule has 0 saturated carbocycles. The molecule has 4 atom stereocenters. The third-order valence-corrected chi connectivity index (χ3v) is 4.95. The lowest BCUT2D eigenvalue weighted by atomic mass is 9.92. The van der Waals surface area contributed by atoms with Crippen LogP contribution in [0.2, 0.25) is 0 Å². The van der Waals surface area contributed by atoms with E-state index < -0.39 is 41.3 Å². The first kappa shape index (κ1) is 19.2. The number of ether oxygens (including phenoxy) is 1. The van der Waals surface area contributed by atoms with Gasteiger partial charge in [0.25, 0.3) is 0 Å². The van der Waals surface area contributed by atoms with Crippen molar-refractivity contribution in [2.75, 3.05) is 6.61 Å². The maximum absolute atomic E-state index is 12.7. The number of hydrogen-bond donors (Lipinski definition) is 6. The number of rotatable bonds is 2. The molecule has 9 heteroatoms. The van der Waals surface area contributed by atoms with Gasteiger partial charge in [0.2, 0.25) is 0 Å². The zero-order chi connectivity index (χ0) is 20.9. The highest BCUT2D eigenvalue weighted by atomic mass is 16.5. The summed E-state index contributed by atoms with van der Waals surface area (Å²) in [6.45, 7) is -0.339. The molecule has 152 valence electrons. The molecule has 29 heavy (non-hydrogen) atoms. The fraction of sp³-hybridized carbons (Fsp3) is 0.250. The van der Waals surface area contributed by atoms with Crippen LogP contribution in [0.4, 0.5) is 0 Å². The molecule has 1 aliphatic heterocycles. The fourth-order valence-corrected chi connectivity index (χ4v) is 3.41. The van der Waals surface area contributed by atoms with Gasteiger partial charge in [0.05, 0.1) is 12.2 Å². The minimum Gasteiger partial charge on any atom is -0.508 e. The highest BCUT2D eigenvalue weighted by Crippen LogP contribution is 2.43. The maximum Gasteiger partial charge on any atom is 0.197 e. The van der Waals surface area contributed by atoms with Crippen molar-refractivity contribution < 1.29 is 39.8 Å². The number of aliphatic hydroxyl groups excluding tert-OH is 3. The molecule has 0 unspecified atom stereocenters. The van der Waals surface area contributed by atoms with Crippen LogP contribution in [0, 0.1) is 0 Å². The summed E-state index contributed by atoms with van der Waals surface area (Å²) < 4.78 is 10.9. The number of phenols is 3. The van der Waals surface area contributed by atoms with E-state index in [1.807, 2.05) is 0 Å². The van der Waals surface area contributed by atoms with Crippen LogP contribution in [-0.2, 0) is 4.74 Å². The molecule has 0 aliphatic carbocycles. The van der Waals surface area contributed by atoms with Gasteiger partial charge in [0, 0.05) is 17.7 Å². The first-order chi connectivity index (χ1) is 13.8. The summed E-state index contributed by atoms with van der Waals surface area (Å²) in [6.07, 6.45) is -5.90. The second-order valence-electron chi connectivity index (χ2n) is 6.86. The summed E-state index contributed by atoms with van der Waals surface area (Å²) >= 11 is 0. The van der Waals surface area contributed by atoms with Crippen LogP contribution >= 0.6 is 0 Å². The highest BCUT2D eigenvalue weighted by molar-refractivity contribution is 5.88. The molecule has 1 saturated heterocycles. The quantitative estimate of drug-likeness (QED) is 0.363. The molecule has 3 aromatic rings. The van der Waals surface area contributed by atoms with Crippen molar-refractivity contribution in [2.24, 2.45) is 0 Å². The van der Waals surface area contributed by atoms with Crippen molar-refractivity contribution in [1.82, 2.24) is 0 Å². The van der Waals surface area contributed by atoms with Crippen molar-refractivity contribution >= 4 is 11.0 Å². The molecule has 0 bridgehead atoms. The third-order valence-electron chi connectivity index (χ3n) is 4.95. The Morgan fingerprint density at radius 3 is 2.31 bits per heavy atom. The topological polar surface area (TPSA) is 161 Å². The number of benzene rings is 2. The number of aliphatic hydroxyl groups is 3. The number of phenolic OH excluding ortho intramolecular Hbond substituents is 3. The number of fused-ring (bicyclic) bond motifs is 1. The average molecular weight is 402 g/mol. The van der Waals surface area contributed by atoms with E-state index in [4.69, 9.17) is 9.15 Å². The van der Waals surface area contributed by atoms with Crippen molar-refractivity contribution in [3.8, 4) is 28.6 Å². The van der Waals surface area contributed by atoms with Crippen molar-refractivity contribution in [1.29, 1.82) is 0 Å². The molecule has 2 heterocycles. The molecule has 0 radical (unpaired) electrons. The van der Waals surface area contributed by atoms with Crippen molar-refractivity contribution in [3.05, 3.63) is 52.2 Å². The van der Waals surface area contributed by atoms with E-state index in [1.54, 1.807) is 0 Å². The van der Waals surface area contributed by atoms with Gasteiger partial charge < -0.3 is 39.8 Å². The monoisotopic (exact) mass is 402 g/mol. The molecular formula is C20H18O9. The predicted molar refractivity (Wildman–Crippen MR) is 99.6 cm³/mol. The smallest absolute Gasteiger partial charge is 0.197 e. The average Bonchev–Trinajstić information content (AvgIpc) is 2.67. The lowest BCUT2D eigenvalue weighted by molar-refractivity contribution is -0.189. The van der Waals surface area contributed by atoms with Gasteiger partial charge in [-0.05, 0) is 24.3 Å². The van der Waals surface area contributed by atoms with Gasteiger partial charge in [-0.25, -0.2) is 0 Å². The number of hydrogen-bond acceptors (Lipinski definition) is 9. The van der Waals surface area contributed by atoms with Crippen LogP contribution < -0.4 is 5.43 Å². The molecule has 1 aliphatic rings. The van der Waals surface area contributed by atoms with Crippen LogP contribution in [0.25, 0.3) is 22.3 Å². The molecule has 9 nitrogen and oxygen atoms in total. The summed E-state index contributed by atoms with van der Waals surface area (Å²) in [5.41, 5.74) is -0.516. The minimum absolute atomic E-state index is 0.0372. The Labute approximate surface area is 163 Å². The third kappa shape index (κ3) is 3.19. The summed E-state index contributed by atoms with van der Waals surface area (Å²) in [6, 6.07) is 8.15. The van der Waals surface area contributed by atoms with Crippen LogP contribution in [0.15, 0.2) is 45.6 Å². The Kier molecular flexibility index (Phi) is 4.67. The Balaban J connectivity index is 1.86. The zero-order valence-electron chi connectivity index (χ0n) is 14.9. The molecule has 4 rings (SSSR count). The van der Waals surface area contributed by atoms with E-state index >= 15 is 0 Å². The second-order valence-corrected chi connectivity index (χ2v) is 6.86. The summed E-state index contributed by atoms with van der Waals surface area (Å²) in [5.74, 6) is -0.982. The molecule has 0 amide bonds. The normalized spacial score (nSPS) is 24.7. The van der Waals surface area contributed by atoms with Gasteiger partial charge in [-0.15, -0.1) is 0 Å². The number of aromatic hydroxyl groups is 3. The Hall–Kier alpha value is -3.11. The summed E-state index contributed by atoms with van der Waals surface area (Å²) in [5, 5.41) is 59.8. The first-order valence-electron chi connectivity index (χ1n) is 8.76. The molecule has 1 fully saturated rings. The van der Waals surface area contributed by atoms with Gasteiger partial charge in [-0.1, -0.05) is 0 Å². The van der Waals surface area contributed by atoms with Crippen LogP contribution in [0.3, 0.4) is 0 Å². The SMILES string of the molecule is O=c1cc(-c2ccc(O)cc2)oc2cc(O)c([C@@H]3OC[C@H](O)[C@H](O)[C@H]3O)c(O)c12. The van der Waals surface area contributed by atoms with E-state index in [1.165, 1.54) is 24.3 Å². The maximum atomic E-state index is 12.7. The molecule has 6 N–H and O–H groups in total. The van der Waals surface area contributed by atoms with Gasteiger partial charge >= 0.3 is 0 Å². The zero-order valence-corrected chi connectivity index (χ0v) is 14.9. The van der Waals surface area contributed by atoms with E-state index in [0.29, 0.717) is 5.56 Å². The van der Waals surface area contributed by atoms with E-state index in [-0.39, 0.29) is 34.6 Å². The van der Waals surface area contributed by atoms with E-state index in [0.717, 1.165) is 12.1 Å². The highest BCUT2D eigenvalue weighted by Gasteiger charge is 2.41. The van der Waals surface area contributed by atoms with Gasteiger partial charge in [-0.3, -0.25) is 4.79 Å². The van der Waals surface area contributed by atoms with Crippen molar-refractivity contribution in [3.63, 3.8) is 0 Å². The van der Waals surface area contributed by atoms with Crippen LogP contribution in [0.5, 0.6) is 17.2 Å². The molecule has 2 aromatic carbocycles. The van der Waals surface area contributed by atoms with E-state index in [9.17, 15) is 35.4 Å². The fourth-order valence-electron chi connectivity index (χ4n) is 3.41. The molecule has 0 spiro atoms. The predicted octanol–water partition coefficient (Wildman–Crippen LogP) is 0.731. The lowest BCUT2D eigenvalue weighted by Crippen LogP contribution is -2.49. The summed E-state index contributed by atoms with van der Waals surface area (Å²) in [7, 11) is 0. The Bertz CT molecular complexity index is 1120. The standard InChI is InChI=1S/C20H18O9/c21-9-3-1-8(2-4-9)13-5-10(22)15-14(29-13)6-11(23)16(18(15)26)20-19(27)17(25)12(24)7-28-20/h1-6,12,17,19-21,23-27H,7H2/t12-,17-,19+,20-/m0/s1. The van der Waals surface area contributed by atoms with Gasteiger partial charge in [0.1, 0.15) is 58.4 Å². The Morgan fingerprint density at radius 2 is 1.62 bits per heavy atom. The molecule has 1 aromatic heterocycles. The lowest BCUT2D eigenvalue weighted by Gasteiger charge is -2.35. The minimum atomic E-state index is -1.64. The second kappa shape index (κ2) is 7.05. The van der Waals surface area contributed by atoms with Crippen molar-refractivity contribution in [2.45, 2.75) is 24.4 Å². The van der Waals surface area contributed by atoms with Crippen LogP contribution in [-0.4, -0.2) is 55.6 Å². The summed E-state index contributed by atoms with van der Waals surface area (Å²) in [4.78, 5) is 12.7. The molecular weight excluding hydrogens is 384 g/mol. The van der Waals surface area contributed by atoms with E-state index in [2.05, 4.69) is 0 Å². The first-order valence-corrected chi connectivity index (χ1v) is 8.76. The Morgan fingerprint density at radius 1 is 0.931 bits per heavy atom. The van der Waals surface area contributed by atoms with Crippen LogP contribution in [0.1, 0.15) is 11.7 Å². The van der Waals surface area contributed by atoms with Gasteiger partial charge in [0.15, 0.2) is 5.43 Å². The van der Waals surface area contributed by atoms with Gasteiger partial charge in [-0.2, -0.15) is 0 Å². The largest absolute Gasteiger partial charge is 0.508 e.